The van der Waals surface area contributed by atoms with Crippen LogP contribution in [0.15, 0.2) is 18.2 Å². The Morgan fingerprint density at radius 2 is 2.06 bits per heavy atom. The number of carbonyl (C=O) groups is 2. The van der Waals surface area contributed by atoms with Crippen molar-refractivity contribution < 1.29 is 9.59 Å². The van der Waals surface area contributed by atoms with E-state index in [1.807, 2.05) is 0 Å². The molecule has 0 saturated carbocycles. The van der Waals surface area contributed by atoms with Gasteiger partial charge in [-0.3, -0.25) is 4.79 Å². The molecule has 1 aliphatic rings. The van der Waals surface area contributed by atoms with Crippen LogP contribution in [0.2, 0.25) is 0 Å². The molecule has 5 heteroatoms. The lowest BCUT2D eigenvalue weighted by Crippen LogP contribution is -2.31. The van der Waals surface area contributed by atoms with E-state index in [1.54, 1.807) is 32.0 Å². The quantitative estimate of drug-likeness (QED) is 0.547. The Morgan fingerprint density at radius 1 is 1.38 bits per heavy atom. The Balaban J connectivity index is 2.49. The number of benzene rings is 1. The van der Waals surface area contributed by atoms with E-state index in [0.29, 0.717) is 11.4 Å². The number of nitrogens with two attached hydrogens (primary N) is 1. The van der Waals surface area contributed by atoms with Crippen molar-refractivity contribution in [3.63, 3.8) is 0 Å². The van der Waals surface area contributed by atoms with Crippen molar-refractivity contribution in [2.45, 2.75) is 19.9 Å². The summed E-state index contributed by atoms with van der Waals surface area (Å²) < 4.78 is 0. The van der Waals surface area contributed by atoms with Crippen molar-refractivity contribution in [1.29, 1.82) is 0 Å². The maximum Gasteiger partial charge on any atom is 0.329 e. The molecule has 1 atom stereocenters. The molecule has 5 nitrogen and oxygen atoms in total. The fourth-order valence-electron chi connectivity index (χ4n) is 1.72. The predicted octanol–water partition coefficient (Wildman–Crippen LogP) is 1.02. The summed E-state index contributed by atoms with van der Waals surface area (Å²) in [6.07, 6.45) is 0. The molecule has 1 aromatic rings. The van der Waals surface area contributed by atoms with Gasteiger partial charge >= 0.3 is 6.03 Å². The standard InChI is InChI=1S/C11H13N3O2/c1-6-8(12)4-3-5-9(6)14-10(15)7(2)13-11(14)16/h3-5,7H,12H2,1-2H3,(H,13,16)/t7-/m1/s1. The minimum atomic E-state index is -0.478. The summed E-state index contributed by atoms with van der Waals surface area (Å²) in [5.74, 6) is -0.251. The number of anilines is 2. The largest absolute Gasteiger partial charge is 0.398 e. The topological polar surface area (TPSA) is 75.4 Å². The first-order valence-electron chi connectivity index (χ1n) is 5.02. The van der Waals surface area contributed by atoms with Crippen molar-refractivity contribution in [3.8, 4) is 0 Å². The number of nitrogen functional groups attached to an aromatic ring is 1. The van der Waals surface area contributed by atoms with Crippen molar-refractivity contribution in [1.82, 2.24) is 5.32 Å². The number of nitrogens with zero attached hydrogens (tertiary/aromatic N) is 1. The van der Waals surface area contributed by atoms with Crippen LogP contribution in [0.4, 0.5) is 16.2 Å². The van der Waals surface area contributed by atoms with Crippen LogP contribution < -0.4 is 16.0 Å². The zero-order valence-electron chi connectivity index (χ0n) is 9.15. The molecule has 0 bridgehead atoms. The van der Waals surface area contributed by atoms with Gasteiger partial charge in [-0.15, -0.1) is 0 Å². The molecule has 3 amide bonds. The third-order valence-electron chi connectivity index (χ3n) is 2.72. The lowest BCUT2D eigenvalue weighted by molar-refractivity contribution is -0.117. The Bertz CT molecular complexity index is 470. The molecule has 1 aliphatic heterocycles. The smallest absolute Gasteiger partial charge is 0.329 e. The van der Waals surface area contributed by atoms with Gasteiger partial charge in [-0.25, -0.2) is 9.69 Å². The van der Waals surface area contributed by atoms with Crippen LogP contribution in [0.1, 0.15) is 12.5 Å². The highest BCUT2D eigenvalue weighted by molar-refractivity contribution is 6.21. The first-order chi connectivity index (χ1) is 7.52. The highest BCUT2D eigenvalue weighted by Crippen LogP contribution is 2.27. The lowest BCUT2D eigenvalue weighted by Gasteiger charge is -2.16. The molecule has 0 unspecified atom stereocenters. The fraction of sp³-hybridized carbons (Fsp3) is 0.273. The summed E-state index contributed by atoms with van der Waals surface area (Å²) in [6.45, 7) is 3.44. The van der Waals surface area contributed by atoms with Crippen LogP contribution >= 0.6 is 0 Å². The van der Waals surface area contributed by atoms with E-state index < -0.39 is 12.1 Å². The molecule has 1 heterocycles. The number of hydrogen-bond acceptors (Lipinski definition) is 3. The molecule has 0 radical (unpaired) electrons. The second-order valence-corrected chi connectivity index (χ2v) is 3.84. The Kier molecular flexibility index (Phi) is 2.30. The van der Waals surface area contributed by atoms with E-state index in [9.17, 15) is 9.59 Å². The van der Waals surface area contributed by atoms with Gasteiger partial charge in [0.05, 0.1) is 5.69 Å². The van der Waals surface area contributed by atoms with E-state index in [0.717, 1.165) is 10.5 Å². The highest BCUT2D eigenvalue weighted by Gasteiger charge is 2.36. The Hall–Kier alpha value is -2.04. The van der Waals surface area contributed by atoms with E-state index >= 15 is 0 Å². The second kappa shape index (κ2) is 3.52. The van der Waals surface area contributed by atoms with Crippen LogP contribution in [-0.4, -0.2) is 18.0 Å². The molecule has 1 fully saturated rings. The van der Waals surface area contributed by atoms with Gasteiger partial charge in [0, 0.05) is 5.69 Å². The monoisotopic (exact) mass is 219 g/mol. The molecule has 0 aromatic heterocycles. The molecule has 0 spiro atoms. The summed E-state index contributed by atoms with van der Waals surface area (Å²) >= 11 is 0. The first kappa shape index (κ1) is 10.5. The van der Waals surface area contributed by atoms with Crippen molar-refractivity contribution >= 4 is 23.3 Å². The van der Waals surface area contributed by atoms with Gasteiger partial charge in [0.15, 0.2) is 0 Å². The zero-order chi connectivity index (χ0) is 11.9. The van der Waals surface area contributed by atoms with Gasteiger partial charge in [-0.05, 0) is 31.5 Å². The molecule has 0 aliphatic carbocycles. The Morgan fingerprint density at radius 3 is 2.62 bits per heavy atom. The van der Waals surface area contributed by atoms with Crippen molar-refractivity contribution in [3.05, 3.63) is 23.8 Å². The molecule has 1 saturated heterocycles. The average molecular weight is 219 g/mol. The number of amides is 3. The number of hydrogen-bond donors (Lipinski definition) is 2. The van der Waals surface area contributed by atoms with E-state index in [1.165, 1.54) is 0 Å². The summed E-state index contributed by atoms with van der Waals surface area (Å²) in [5.41, 5.74) is 7.60. The number of nitrogens with one attached hydrogen (secondary N) is 1. The third-order valence-corrected chi connectivity index (χ3v) is 2.72. The van der Waals surface area contributed by atoms with Gasteiger partial charge in [-0.2, -0.15) is 0 Å². The van der Waals surface area contributed by atoms with Crippen molar-refractivity contribution in [2.24, 2.45) is 0 Å². The van der Waals surface area contributed by atoms with Crippen molar-refractivity contribution in [2.75, 3.05) is 10.6 Å². The van der Waals surface area contributed by atoms with E-state index in [4.69, 9.17) is 5.73 Å². The summed E-state index contributed by atoms with van der Waals surface area (Å²) in [4.78, 5) is 24.5. The molecule has 2 rings (SSSR count). The number of urea groups is 1. The van der Waals surface area contributed by atoms with Crippen LogP contribution in [0.5, 0.6) is 0 Å². The highest BCUT2D eigenvalue weighted by atomic mass is 16.2. The molecule has 84 valence electrons. The average Bonchev–Trinajstić information content (AvgIpc) is 2.47. The molecular formula is C11H13N3O2. The maximum absolute atomic E-state index is 11.8. The van der Waals surface area contributed by atoms with Crippen LogP contribution in [0, 0.1) is 6.92 Å². The third kappa shape index (κ3) is 1.41. The summed E-state index contributed by atoms with van der Waals surface area (Å²) in [7, 11) is 0. The molecule has 16 heavy (non-hydrogen) atoms. The molecule has 1 aromatic carbocycles. The minimum absolute atomic E-state index is 0.251. The molecule has 3 N–H and O–H groups in total. The van der Waals surface area contributed by atoms with Crippen LogP contribution in [-0.2, 0) is 4.79 Å². The summed E-state index contributed by atoms with van der Waals surface area (Å²) in [6, 6.07) is 4.29. The fourth-order valence-corrected chi connectivity index (χ4v) is 1.72. The lowest BCUT2D eigenvalue weighted by atomic mass is 10.1. The second-order valence-electron chi connectivity index (χ2n) is 3.84. The Labute approximate surface area is 93.2 Å². The van der Waals surface area contributed by atoms with E-state index in [2.05, 4.69) is 5.32 Å². The molecular weight excluding hydrogens is 206 g/mol. The van der Waals surface area contributed by atoms with Gasteiger partial charge in [0.1, 0.15) is 6.04 Å². The van der Waals surface area contributed by atoms with Gasteiger partial charge in [-0.1, -0.05) is 6.07 Å². The normalized spacial score (nSPS) is 20.1. The maximum atomic E-state index is 11.8. The van der Waals surface area contributed by atoms with Crippen LogP contribution in [0.25, 0.3) is 0 Å². The number of carbonyl (C=O) groups excluding carboxylic acids is 2. The summed E-state index contributed by atoms with van der Waals surface area (Å²) in [5, 5.41) is 2.56. The van der Waals surface area contributed by atoms with Gasteiger partial charge in [0.25, 0.3) is 5.91 Å². The number of imide groups is 1. The SMILES string of the molecule is Cc1c(N)cccc1N1C(=O)N[C@H](C)C1=O. The van der Waals surface area contributed by atoms with Crippen LogP contribution in [0.3, 0.4) is 0 Å². The van der Waals surface area contributed by atoms with Gasteiger partial charge in [0.2, 0.25) is 0 Å². The van der Waals surface area contributed by atoms with E-state index in [-0.39, 0.29) is 5.91 Å². The minimum Gasteiger partial charge on any atom is -0.398 e. The zero-order valence-corrected chi connectivity index (χ0v) is 9.15. The first-order valence-corrected chi connectivity index (χ1v) is 5.02. The predicted molar refractivity (Wildman–Crippen MR) is 61.1 cm³/mol. The number of rotatable bonds is 1. The van der Waals surface area contributed by atoms with Gasteiger partial charge < -0.3 is 11.1 Å².